The summed E-state index contributed by atoms with van der Waals surface area (Å²) in [4.78, 5) is 12.2. The van der Waals surface area contributed by atoms with Crippen molar-refractivity contribution in [3.63, 3.8) is 0 Å². The average Bonchev–Trinajstić information content (AvgIpc) is 2.49. The van der Waals surface area contributed by atoms with Crippen molar-refractivity contribution in [2.75, 3.05) is 13.7 Å². The van der Waals surface area contributed by atoms with Crippen LogP contribution in [0.1, 0.15) is 22.0 Å². The molecule has 0 aliphatic heterocycles. The summed E-state index contributed by atoms with van der Waals surface area (Å²) in [6, 6.07) is 14.7. The molecule has 2 rings (SSSR count). The van der Waals surface area contributed by atoms with Crippen molar-refractivity contribution in [3.05, 3.63) is 69.2 Å². The SMILES string of the molecule is CO[C@H](CNC(=O)c1ccccc1Br)c1ccccc1Cl. The van der Waals surface area contributed by atoms with Crippen LogP contribution in [0, 0.1) is 0 Å². The molecule has 0 spiro atoms. The number of nitrogens with one attached hydrogen (secondary N) is 1. The lowest BCUT2D eigenvalue weighted by molar-refractivity contribution is 0.0827. The maximum atomic E-state index is 12.2. The summed E-state index contributed by atoms with van der Waals surface area (Å²) in [5, 5.41) is 3.49. The summed E-state index contributed by atoms with van der Waals surface area (Å²) in [5.74, 6) is -0.156. The zero-order chi connectivity index (χ0) is 15.2. The molecule has 1 atom stereocenters. The van der Waals surface area contributed by atoms with E-state index in [1.54, 1.807) is 19.2 Å². The van der Waals surface area contributed by atoms with E-state index >= 15 is 0 Å². The number of methoxy groups -OCH3 is 1. The molecule has 0 unspecified atom stereocenters. The summed E-state index contributed by atoms with van der Waals surface area (Å²) in [6.07, 6.45) is -0.287. The lowest BCUT2D eigenvalue weighted by Crippen LogP contribution is -2.29. The summed E-state index contributed by atoms with van der Waals surface area (Å²) in [7, 11) is 1.60. The highest BCUT2D eigenvalue weighted by Gasteiger charge is 2.16. The van der Waals surface area contributed by atoms with Crippen molar-refractivity contribution in [2.24, 2.45) is 0 Å². The van der Waals surface area contributed by atoms with Gasteiger partial charge in [0, 0.05) is 28.7 Å². The largest absolute Gasteiger partial charge is 0.375 e. The van der Waals surface area contributed by atoms with Crippen molar-refractivity contribution in [3.8, 4) is 0 Å². The minimum absolute atomic E-state index is 0.156. The first-order valence-corrected chi connectivity index (χ1v) is 7.60. The molecule has 0 saturated heterocycles. The Morgan fingerprint density at radius 1 is 1.24 bits per heavy atom. The highest BCUT2D eigenvalue weighted by atomic mass is 79.9. The topological polar surface area (TPSA) is 38.3 Å². The van der Waals surface area contributed by atoms with Gasteiger partial charge in [-0.3, -0.25) is 4.79 Å². The molecular weight excluding hydrogens is 354 g/mol. The molecule has 0 aromatic heterocycles. The number of carbonyl (C=O) groups excluding carboxylic acids is 1. The molecule has 0 heterocycles. The maximum Gasteiger partial charge on any atom is 0.252 e. The first-order valence-electron chi connectivity index (χ1n) is 6.43. The molecule has 0 bridgehead atoms. The van der Waals surface area contributed by atoms with Crippen LogP contribution in [-0.2, 0) is 4.74 Å². The number of halogens is 2. The van der Waals surface area contributed by atoms with Gasteiger partial charge in [-0.25, -0.2) is 0 Å². The molecule has 0 aliphatic carbocycles. The van der Waals surface area contributed by atoms with Crippen LogP contribution in [0.3, 0.4) is 0 Å². The Morgan fingerprint density at radius 3 is 2.57 bits per heavy atom. The Bertz CT molecular complexity index is 633. The highest BCUT2D eigenvalue weighted by Crippen LogP contribution is 2.24. The van der Waals surface area contributed by atoms with E-state index < -0.39 is 0 Å². The molecule has 2 aromatic rings. The maximum absolute atomic E-state index is 12.2. The van der Waals surface area contributed by atoms with Gasteiger partial charge in [0.25, 0.3) is 5.91 Å². The van der Waals surface area contributed by atoms with Gasteiger partial charge in [-0.05, 0) is 34.1 Å². The molecule has 21 heavy (non-hydrogen) atoms. The van der Waals surface area contributed by atoms with Gasteiger partial charge < -0.3 is 10.1 Å². The van der Waals surface area contributed by atoms with Gasteiger partial charge in [-0.2, -0.15) is 0 Å². The molecule has 0 radical (unpaired) electrons. The standard InChI is InChI=1S/C16H15BrClNO2/c1-21-15(12-7-3-5-9-14(12)18)10-19-16(20)11-6-2-4-8-13(11)17/h2-9,15H,10H2,1H3,(H,19,20)/t15-/m1/s1. The van der Waals surface area contributed by atoms with Crippen LogP contribution in [0.4, 0.5) is 0 Å². The lowest BCUT2D eigenvalue weighted by Gasteiger charge is -2.18. The van der Waals surface area contributed by atoms with Gasteiger partial charge in [0.05, 0.1) is 5.56 Å². The van der Waals surface area contributed by atoms with Crippen LogP contribution in [0.2, 0.25) is 5.02 Å². The molecule has 5 heteroatoms. The molecular formula is C16H15BrClNO2. The number of rotatable bonds is 5. The number of carbonyl (C=O) groups is 1. The summed E-state index contributed by atoms with van der Waals surface area (Å²) >= 11 is 9.52. The molecule has 0 aliphatic rings. The van der Waals surface area contributed by atoms with Gasteiger partial charge in [-0.15, -0.1) is 0 Å². The van der Waals surface area contributed by atoms with E-state index in [4.69, 9.17) is 16.3 Å². The number of hydrogen-bond acceptors (Lipinski definition) is 2. The first kappa shape index (κ1) is 16.0. The van der Waals surface area contributed by atoms with Gasteiger partial charge in [0.2, 0.25) is 0 Å². The molecule has 0 fully saturated rings. The quantitative estimate of drug-likeness (QED) is 0.858. The van der Waals surface area contributed by atoms with E-state index in [9.17, 15) is 4.79 Å². The van der Waals surface area contributed by atoms with Crippen LogP contribution in [0.5, 0.6) is 0 Å². The Balaban J connectivity index is 2.06. The monoisotopic (exact) mass is 367 g/mol. The number of hydrogen-bond donors (Lipinski definition) is 1. The Hall–Kier alpha value is -1.36. The third-order valence-electron chi connectivity index (χ3n) is 3.10. The molecule has 2 aromatic carbocycles. The predicted octanol–water partition coefficient (Wildman–Crippen LogP) is 4.22. The Morgan fingerprint density at radius 2 is 1.90 bits per heavy atom. The zero-order valence-electron chi connectivity index (χ0n) is 11.5. The highest BCUT2D eigenvalue weighted by molar-refractivity contribution is 9.10. The average molecular weight is 369 g/mol. The van der Waals surface area contributed by atoms with Crippen LogP contribution >= 0.6 is 27.5 Å². The zero-order valence-corrected chi connectivity index (χ0v) is 13.8. The van der Waals surface area contributed by atoms with Gasteiger partial charge >= 0.3 is 0 Å². The summed E-state index contributed by atoms with van der Waals surface area (Å²) < 4.78 is 6.18. The van der Waals surface area contributed by atoms with E-state index in [2.05, 4.69) is 21.2 Å². The van der Waals surface area contributed by atoms with Crippen molar-refractivity contribution in [1.82, 2.24) is 5.32 Å². The third-order valence-corrected chi connectivity index (χ3v) is 4.14. The van der Waals surface area contributed by atoms with E-state index in [0.717, 1.165) is 10.0 Å². The summed E-state index contributed by atoms with van der Waals surface area (Å²) in [5.41, 5.74) is 1.45. The second-order valence-corrected chi connectivity index (χ2v) is 5.70. The number of benzene rings is 2. The second-order valence-electron chi connectivity index (χ2n) is 4.44. The smallest absolute Gasteiger partial charge is 0.252 e. The fraction of sp³-hybridized carbons (Fsp3) is 0.188. The van der Waals surface area contributed by atoms with Crippen LogP contribution in [0.15, 0.2) is 53.0 Å². The minimum atomic E-state index is -0.287. The van der Waals surface area contributed by atoms with Gasteiger partial charge in [0.15, 0.2) is 0 Å². The number of ether oxygens (including phenoxy) is 1. The molecule has 1 amide bonds. The second kappa shape index (κ2) is 7.59. The van der Waals surface area contributed by atoms with Crippen molar-refractivity contribution in [1.29, 1.82) is 0 Å². The van der Waals surface area contributed by atoms with Crippen molar-refractivity contribution >= 4 is 33.4 Å². The number of amides is 1. The van der Waals surface area contributed by atoms with Crippen LogP contribution < -0.4 is 5.32 Å². The van der Waals surface area contributed by atoms with Crippen molar-refractivity contribution in [2.45, 2.75) is 6.10 Å². The van der Waals surface area contributed by atoms with E-state index in [0.29, 0.717) is 17.1 Å². The molecule has 1 N–H and O–H groups in total. The fourth-order valence-electron chi connectivity index (χ4n) is 1.98. The predicted molar refractivity (Wildman–Crippen MR) is 87.7 cm³/mol. The normalized spacial score (nSPS) is 12.0. The van der Waals surface area contributed by atoms with Gasteiger partial charge in [0.1, 0.15) is 6.10 Å². The van der Waals surface area contributed by atoms with E-state index in [1.165, 1.54) is 0 Å². The Kier molecular flexibility index (Phi) is 5.79. The molecule has 110 valence electrons. The van der Waals surface area contributed by atoms with Gasteiger partial charge in [-0.1, -0.05) is 41.9 Å². The Labute approximate surface area is 137 Å². The lowest BCUT2D eigenvalue weighted by atomic mass is 10.1. The first-order chi connectivity index (χ1) is 10.1. The van der Waals surface area contributed by atoms with Crippen LogP contribution in [-0.4, -0.2) is 19.6 Å². The molecule has 0 saturated carbocycles. The van der Waals surface area contributed by atoms with E-state index in [-0.39, 0.29) is 12.0 Å². The minimum Gasteiger partial charge on any atom is -0.375 e. The fourth-order valence-corrected chi connectivity index (χ4v) is 2.70. The van der Waals surface area contributed by atoms with Crippen LogP contribution in [0.25, 0.3) is 0 Å². The molecule has 3 nitrogen and oxygen atoms in total. The van der Waals surface area contributed by atoms with Crippen molar-refractivity contribution < 1.29 is 9.53 Å². The third kappa shape index (κ3) is 4.06. The van der Waals surface area contributed by atoms with E-state index in [1.807, 2.05) is 36.4 Å². The summed E-state index contributed by atoms with van der Waals surface area (Å²) in [6.45, 7) is 0.348.